The zero-order chi connectivity index (χ0) is 18.0. The Hall–Kier alpha value is -1.66. The van der Waals surface area contributed by atoms with Gasteiger partial charge in [-0.3, -0.25) is 0 Å². The van der Waals surface area contributed by atoms with E-state index in [2.05, 4.69) is 41.7 Å². The number of hydrogen-bond acceptors (Lipinski definition) is 3. The molecule has 0 bridgehead atoms. The second-order valence-electron chi connectivity index (χ2n) is 6.93. The summed E-state index contributed by atoms with van der Waals surface area (Å²) < 4.78 is 28.6. The molecule has 0 N–H and O–H groups in total. The molecule has 3 rings (SSSR count). The van der Waals surface area contributed by atoms with Crippen molar-refractivity contribution in [2.24, 2.45) is 0 Å². The van der Waals surface area contributed by atoms with Crippen LogP contribution in [-0.4, -0.2) is 41.1 Å². The number of fused-ring (bicyclic) bond motifs is 1. The van der Waals surface area contributed by atoms with Gasteiger partial charge in [0.1, 0.15) is 5.65 Å². The maximum Gasteiger partial charge on any atom is 0.214 e. The molecule has 0 aromatic carbocycles. The lowest BCUT2D eigenvalue weighted by Crippen LogP contribution is -2.36. The van der Waals surface area contributed by atoms with Gasteiger partial charge in [0.15, 0.2) is 0 Å². The number of unbranched alkanes of at least 4 members (excludes halogenated alkanes) is 1. The van der Waals surface area contributed by atoms with Gasteiger partial charge in [0.05, 0.1) is 5.75 Å². The monoisotopic (exact) mass is 361 g/mol. The average molecular weight is 362 g/mol. The van der Waals surface area contributed by atoms with E-state index in [1.807, 2.05) is 19.2 Å². The van der Waals surface area contributed by atoms with Gasteiger partial charge in [-0.2, -0.15) is 4.31 Å². The van der Waals surface area contributed by atoms with Crippen molar-refractivity contribution >= 4 is 26.6 Å². The first-order valence-corrected chi connectivity index (χ1v) is 10.7. The maximum atomic E-state index is 12.4. The zero-order valence-corrected chi connectivity index (χ0v) is 16.1. The first-order chi connectivity index (χ1) is 11.9. The number of aromatic nitrogens is 2. The second kappa shape index (κ2) is 7.30. The molecule has 0 aliphatic carbocycles. The van der Waals surface area contributed by atoms with Crippen LogP contribution in [0.3, 0.4) is 0 Å². The van der Waals surface area contributed by atoms with Gasteiger partial charge in [-0.05, 0) is 44.4 Å². The molecular weight excluding hydrogens is 334 g/mol. The fourth-order valence-electron chi connectivity index (χ4n) is 3.34. The van der Waals surface area contributed by atoms with Crippen molar-refractivity contribution in [2.75, 3.05) is 18.8 Å². The molecule has 3 heterocycles. The highest BCUT2D eigenvalue weighted by atomic mass is 32.2. The zero-order valence-electron chi connectivity index (χ0n) is 15.3. The molecule has 5 nitrogen and oxygen atoms in total. The summed E-state index contributed by atoms with van der Waals surface area (Å²) in [5.74, 6) is 0.253. The lowest BCUT2D eigenvalue weighted by molar-refractivity contribution is 0.440. The first-order valence-electron chi connectivity index (χ1n) is 9.07. The molecule has 136 valence electrons. The van der Waals surface area contributed by atoms with Gasteiger partial charge in [0.25, 0.3) is 0 Å². The third-order valence-electron chi connectivity index (χ3n) is 4.81. The lowest BCUT2D eigenvalue weighted by Gasteiger charge is -2.25. The lowest BCUT2D eigenvalue weighted by atomic mass is 10.0. The SMILES string of the molecule is CCCCS(=O)(=O)N1CC=C(c2cn(C(C)C)c3ncccc23)CC1. The fraction of sp³-hybridized carbons (Fsp3) is 0.526. The van der Waals surface area contributed by atoms with Crippen LogP contribution in [-0.2, 0) is 10.0 Å². The Morgan fingerprint density at radius 2 is 2.12 bits per heavy atom. The summed E-state index contributed by atoms with van der Waals surface area (Å²) in [4.78, 5) is 4.54. The van der Waals surface area contributed by atoms with Crippen molar-refractivity contribution in [2.45, 2.75) is 46.1 Å². The van der Waals surface area contributed by atoms with Crippen LogP contribution < -0.4 is 0 Å². The van der Waals surface area contributed by atoms with Crippen LogP contribution in [0.5, 0.6) is 0 Å². The molecule has 2 aromatic rings. The van der Waals surface area contributed by atoms with Gasteiger partial charge in [-0.15, -0.1) is 0 Å². The van der Waals surface area contributed by atoms with Crippen LogP contribution in [0.4, 0.5) is 0 Å². The topological polar surface area (TPSA) is 55.2 Å². The van der Waals surface area contributed by atoms with E-state index < -0.39 is 10.0 Å². The normalized spacial score (nSPS) is 16.6. The Bertz CT molecular complexity index is 881. The number of pyridine rings is 1. The third-order valence-corrected chi connectivity index (χ3v) is 6.74. The van der Waals surface area contributed by atoms with E-state index in [-0.39, 0.29) is 5.75 Å². The molecule has 0 fully saturated rings. The summed E-state index contributed by atoms with van der Waals surface area (Å²) in [6.07, 6.45) is 8.42. The second-order valence-corrected chi connectivity index (χ2v) is 9.01. The number of rotatable bonds is 6. The molecule has 1 aliphatic rings. The van der Waals surface area contributed by atoms with Crippen molar-refractivity contribution in [1.82, 2.24) is 13.9 Å². The molecular formula is C19H27N3O2S. The predicted molar refractivity (Wildman–Crippen MR) is 103 cm³/mol. The van der Waals surface area contributed by atoms with Crippen molar-refractivity contribution in [3.63, 3.8) is 0 Å². The largest absolute Gasteiger partial charge is 0.329 e. The number of hydrogen-bond donors (Lipinski definition) is 0. The van der Waals surface area contributed by atoms with Crippen LogP contribution in [0, 0.1) is 0 Å². The van der Waals surface area contributed by atoms with E-state index in [1.54, 1.807) is 4.31 Å². The van der Waals surface area contributed by atoms with Gasteiger partial charge in [0, 0.05) is 42.5 Å². The Balaban J connectivity index is 1.89. The van der Waals surface area contributed by atoms with E-state index in [0.717, 1.165) is 30.3 Å². The summed E-state index contributed by atoms with van der Waals surface area (Å²) in [6.45, 7) is 7.34. The van der Waals surface area contributed by atoms with Gasteiger partial charge in [-0.1, -0.05) is 19.4 Å². The van der Waals surface area contributed by atoms with Crippen LogP contribution in [0.15, 0.2) is 30.6 Å². The fourth-order valence-corrected chi connectivity index (χ4v) is 4.92. The van der Waals surface area contributed by atoms with E-state index in [9.17, 15) is 8.42 Å². The van der Waals surface area contributed by atoms with Crippen molar-refractivity contribution in [3.05, 3.63) is 36.2 Å². The first kappa shape index (κ1) is 18.1. The molecule has 0 amide bonds. The maximum absolute atomic E-state index is 12.4. The smallest absolute Gasteiger partial charge is 0.214 e. The molecule has 2 aromatic heterocycles. The van der Waals surface area contributed by atoms with Crippen LogP contribution in [0.25, 0.3) is 16.6 Å². The summed E-state index contributed by atoms with van der Waals surface area (Å²) >= 11 is 0. The van der Waals surface area contributed by atoms with E-state index >= 15 is 0 Å². The molecule has 0 spiro atoms. The summed E-state index contributed by atoms with van der Waals surface area (Å²) in [6, 6.07) is 4.39. The summed E-state index contributed by atoms with van der Waals surface area (Å²) in [7, 11) is -3.13. The predicted octanol–water partition coefficient (Wildman–Crippen LogP) is 3.84. The van der Waals surface area contributed by atoms with Gasteiger partial charge < -0.3 is 4.57 Å². The molecule has 0 saturated heterocycles. The Kier molecular flexibility index (Phi) is 5.29. The van der Waals surface area contributed by atoms with Crippen LogP contribution in [0.2, 0.25) is 0 Å². The number of sulfonamides is 1. The molecule has 6 heteroatoms. The van der Waals surface area contributed by atoms with E-state index in [4.69, 9.17) is 0 Å². The molecule has 0 saturated carbocycles. The van der Waals surface area contributed by atoms with E-state index in [1.165, 1.54) is 11.1 Å². The van der Waals surface area contributed by atoms with Crippen molar-refractivity contribution < 1.29 is 8.42 Å². The Morgan fingerprint density at radius 1 is 1.32 bits per heavy atom. The Labute approximate surface area is 150 Å². The number of nitrogens with zero attached hydrogens (tertiary/aromatic N) is 3. The summed E-state index contributed by atoms with van der Waals surface area (Å²) in [5.41, 5.74) is 3.40. The highest BCUT2D eigenvalue weighted by Gasteiger charge is 2.25. The van der Waals surface area contributed by atoms with Crippen molar-refractivity contribution in [3.8, 4) is 0 Å². The highest BCUT2D eigenvalue weighted by molar-refractivity contribution is 7.89. The van der Waals surface area contributed by atoms with Gasteiger partial charge in [0.2, 0.25) is 10.0 Å². The van der Waals surface area contributed by atoms with Crippen molar-refractivity contribution in [1.29, 1.82) is 0 Å². The van der Waals surface area contributed by atoms with Crippen LogP contribution >= 0.6 is 0 Å². The van der Waals surface area contributed by atoms with Gasteiger partial charge >= 0.3 is 0 Å². The molecule has 0 unspecified atom stereocenters. The average Bonchev–Trinajstić information content (AvgIpc) is 3.00. The minimum Gasteiger partial charge on any atom is -0.329 e. The molecule has 0 radical (unpaired) electrons. The van der Waals surface area contributed by atoms with Gasteiger partial charge in [-0.25, -0.2) is 13.4 Å². The standard InChI is InChI=1S/C19H27N3O2S/c1-4-5-13-25(23,24)21-11-8-16(9-12-21)18-14-22(15(2)3)19-17(18)7-6-10-20-19/h6-8,10,14-15H,4-5,9,11-13H2,1-3H3. The third kappa shape index (κ3) is 3.65. The highest BCUT2D eigenvalue weighted by Crippen LogP contribution is 2.32. The minimum atomic E-state index is -3.13. The minimum absolute atomic E-state index is 0.253. The Morgan fingerprint density at radius 3 is 2.76 bits per heavy atom. The summed E-state index contributed by atoms with van der Waals surface area (Å²) in [5, 5.41) is 1.14. The molecule has 1 aliphatic heterocycles. The molecule has 0 atom stereocenters. The van der Waals surface area contributed by atoms with Crippen LogP contribution in [0.1, 0.15) is 51.6 Å². The quantitative estimate of drug-likeness (QED) is 0.785. The molecule has 25 heavy (non-hydrogen) atoms. The van der Waals surface area contributed by atoms with E-state index in [0.29, 0.717) is 19.1 Å².